The largest absolute Gasteiger partial charge is 0.378 e. The van der Waals surface area contributed by atoms with Gasteiger partial charge in [0.05, 0.1) is 18.6 Å². The molecule has 0 saturated carbocycles. The van der Waals surface area contributed by atoms with Gasteiger partial charge in [0.15, 0.2) is 5.78 Å². The lowest BCUT2D eigenvalue weighted by Crippen LogP contribution is -2.53. The zero-order valence-electron chi connectivity index (χ0n) is 21.1. The number of hydrogen-bond donors (Lipinski definition) is 2. The molecule has 2 N–H and O–H groups in total. The molecule has 4 atom stereocenters. The molecule has 9 nitrogen and oxygen atoms in total. The summed E-state index contributed by atoms with van der Waals surface area (Å²) in [6.45, 7) is 5.27. The van der Waals surface area contributed by atoms with Crippen LogP contribution in [0.5, 0.6) is 0 Å². The topological polar surface area (TPSA) is 102 Å². The molecule has 3 heterocycles. The van der Waals surface area contributed by atoms with E-state index in [1.807, 2.05) is 45.0 Å². The molecular weight excluding hydrogens is 446 g/mol. The predicted octanol–water partition coefficient (Wildman–Crippen LogP) is 1.03. The Labute approximate surface area is 207 Å². The second kappa shape index (κ2) is 10.4. The summed E-state index contributed by atoms with van der Waals surface area (Å²) in [5.74, 6) is -0.519. The number of carbonyl (C=O) groups excluding carboxylic acids is 4. The lowest BCUT2D eigenvalue weighted by molar-refractivity contribution is -0.138. The summed E-state index contributed by atoms with van der Waals surface area (Å²) in [7, 11) is 3.86. The Hall–Kier alpha value is -2.94. The highest BCUT2D eigenvalue weighted by Gasteiger charge is 2.53. The number of fused-ring (bicyclic) bond motifs is 1. The molecule has 3 amide bonds. The average Bonchev–Trinajstić information content (AvgIpc) is 3.56. The Morgan fingerprint density at radius 1 is 1.11 bits per heavy atom. The molecule has 190 valence electrons. The Balaban J connectivity index is 1.47. The monoisotopic (exact) mass is 483 g/mol. The van der Waals surface area contributed by atoms with Crippen molar-refractivity contribution in [3.05, 3.63) is 29.8 Å². The summed E-state index contributed by atoms with van der Waals surface area (Å²) in [5.41, 5.74) is 1.46. The summed E-state index contributed by atoms with van der Waals surface area (Å²) in [6.07, 6.45) is 2.78. The molecule has 0 aliphatic carbocycles. The molecule has 3 fully saturated rings. The van der Waals surface area contributed by atoms with Crippen molar-refractivity contribution >= 4 is 29.2 Å². The van der Waals surface area contributed by atoms with E-state index in [0.29, 0.717) is 24.9 Å². The van der Waals surface area contributed by atoms with Gasteiger partial charge in [-0.25, -0.2) is 0 Å². The van der Waals surface area contributed by atoms with Crippen molar-refractivity contribution in [1.29, 1.82) is 0 Å². The van der Waals surface area contributed by atoms with Gasteiger partial charge in [-0.3, -0.25) is 19.2 Å². The van der Waals surface area contributed by atoms with Gasteiger partial charge in [-0.1, -0.05) is 13.8 Å². The standard InChI is InChI=1S/C26H37N5O4/c1-16(2)14-20(28-24(33)17-7-9-18(10-8-17)29(3)4)26(35)30-13-11-21-23(30)22(32)15-31(21)25(34)19-6-5-12-27-19/h7-10,16,19-21,23,27H,5-6,11-15H2,1-4H3,(H,28,33)/t19-,20+,21-,23+/m1/s1. The van der Waals surface area contributed by atoms with Gasteiger partial charge in [-0.05, 0) is 62.4 Å². The minimum absolute atomic E-state index is 0.0362. The summed E-state index contributed by atoms with van der Waals surface area (Å²) >= 11 is 0. The van der Waals surface area contributed by atoms with Gasteiger partial charge < -0.3 is 25.3 Å². The van der Waals surface area contributed by atoms with Crippen molar-refractivity contribution in [3.8, 4) is 0 Å². The third-order valence-electron chi connectivity index (χ3n) is 7.30. The molecule has 9 heteroatoms. The Morgan fingerprint density at radius 2 is 1.83 bits per heavy atom. The van der Waals surface area contributed by atoms with Crippen LogP contribution in [0.25, 0.3) is 0 Å². The van der Waals surface area contributed by atoms with Crippen LogP contribution in [0.2, 0.25) is 0 Å². The maximum Gasteiger partial charge on any atom is 0.251 e. The highest BCUT2D eigenvalue weighted by molar-refractivity contribution is 6.01. The summed E-state index contributed by atoms with van der Waals surface area (Å²) in [6, 6.07) is 5.34. The fraction of sp³-hybridized carbons (Fsp3) is 0.615. The van der Waals surface area contributed by atoms with Crippen LogP contribution in [0.4, 0.5) is 5.69 Å². The molecule has 0 aromatic heterocycles. The lowest BCUT2D eigenvalue weighted by Gasteiger charge is -2.29. The molecule has 0 spiro atoms. The van der Waals surface area contributed by atoms with Gasteiger partial charge in [-0.15, -0.1) is 0 Å². The van der Waals surface area contributed by atoms with Crippen LogP contribution >= 0.6 is 0 Å². The number of carbonyl (C=O) groups is 4. The zero-order valence-corrected chi connectivity index (χ0v) is 21.1. The number of nitrogens with zero attached hydrogens (tertiary/aromatic N) is 3. The van der Waals surface area contributed by atoms with E-state index in [1.165, 1.54) is 0 Å². The molecular formula is C26H37N5O4. The quantitative estimate of drug-likeness (QED) is 0.601. The van der Waals surface area contributed by atoms with E-state index in [1.54, 1.807) is 21.9 Å². The molecule has 35 heavy (non-hydrogen) atoms. The molecule has 4 rings (SSSR count). The number of benzene rings is 1. The van der Waals surface area contributed by atoms with Crippen LogP contribution < -0.4 is 15.5 Å². The van der Waals surface area contributed by atoms with Gasteiger partial charge in [0.25, 0.3) is 5.91 Å². The Morgan fingerprint density at radius 3 is 2.43 bits per heavy atom. The van der Waals surface area contributed by atoms with Gasteiger partial charge in [0.2, 0.25) is 11.8 Å². The first-order valence-electron chi connectivity index (χ1n) is 12.6. The molecule has 0 bridgehead atoms. The third-order valence-corrected chi connectivity index (χ3v) is 7.30. The minimum Gasteiger partial charge on any atom is -0.378 e. The van der Waals surface area contributed by atoms with Crippen molar-refractivity contribution < 1.29 is 19.2 Å². The van der Waals surface area contributed by atoms with Crippen LogP contribution in [-0.2, 0) is 14.4 Å². The van der Waals surface area contributed by atoms with Crippen molar-refractivity contribution in [2.75, 3.05) is 38.6 Å². The first kappa shape index (κ1) is 25.2. The van der Waals surface area contributed by atoms with Crippen molar-refractivity contribution in [2.45, 2.75) is 63.7 Å². The van der Waals surface area contributed by atoms with Gasteiger partial charge in [-0.2, -0.15) is 0 Å². The number of nitrogens with one attached hydrogen (secondary N) is 2. The number of amides is 3. The smallest absolute Gasteiger partial charge is 0.251 e. The molecule has 3 aliphatic heterocycles. The number of Topliss-reactive ketones (excluding diaryl/α,β-unsaturated/α-hetero) is 1. The fourth-order valence-electron chi connectivity index (χ4n) is 5.50. The van der Waals surface area contributed by atoms with E-state index >= 15 is 0 Å². The lowest BCUT2D eigenvalue weighted by atomic mass is 10.0. The molecule has 3 aliphatic rings. The minimum atomic E-state index is -0.733. The van der Waals surface area contributed by atoms with E-state index in [2.05, 4.69) is 10.6 Å². The van der Waals surface area contributed by atoms with Crippen LogP contribution in [0.3, 0.4) is 0 Å². The Kier molecular flexibility index (Phi) is 7.44. The molecule has 1 aromatic rings. The number of anilines is 1. The third kappa shape index (κ3) is 5.19. The van der Waals surface area contributed by atoms with E-state index in [4.69, 9.17) is 0 Å². The van der Waals surface area contributed by atoms with E-state index < -0.39 is 12.1 Å². The van der Waals surface area contributed by atoms with E-state index in [-0.39, 0.29) is 48.1 Å². The maximum atomic E-state index is 13.6. The predicted molar refractivity (Wildman–Crippen MR) is 133 cm³/mol. The average molecular weight is 484 g/mol. The van der Waals surface area contributed by atoms with E-state index in [0.717, 1.165) is 25.1 Å². The molecule has 0 radical (unpaired) electrons. The van der Waals surface area contributed by atoms with Crippen molar-refractivity contribution in [3.63, 3.8) is 0 Å². The normalized spacial score (nSPS) is 24.6. The van der Waals surface area contributed by atoms with Crippen molar-refractivity contribution in [1.82, 2.24) is 20.4 Å². The highest BCUT2D eigenvalue weighted by atomic mass is 16.2. The molecule has 3 saturated heterocycles. The van der Waals surface area contributed by atoms with Crippen LogP contribution in [0.15, 0.2) is 24.3 Å². The summed E-state index contributed by atoms with van der Waals surface area (Å²) < 4.78 is 0. The SMILES string of the molecule is CC(C)C[C@H](NC(=O)c1ccc(N(C)C)cc1)C(=O)N1CC[C@@H]2[C@H]1C(=O)CN2C(=O)[C@H]1CCCN1. The van der Waals surface area contributed by atoms with Gasteiger partial charge in [0, 0.05) is 31.9 Å². The highest BCUT2D eigenvalue weighted by Crippen LogP contribution is 2.32. The first-order chi connectivity index (χ1) is 16.7. The number of ketones is 1. The zero-order chi connectivity index (χ0) is 25.3. The Bertz CT molecular complexity index is 970. The maximum absolute atomic E-state index is 13.6. The number of likely N-dealkylation sites (tertiary alicyclic amines) is 2. The number of hydrogen-bond acceptors (Lipinski definition) is 6. The van der Waals surface area contributed by atoms with Gasteiger partial charge in [0.1, 0.15) is 12.1 Å². The second-order valence-corrected chi connectivity index (χ2v) is 10.5. The van der Waals surface area contributed by atoms with Crippen LogP contribution in [0, 0.1) is 5.92 Å². The van der Waals surface area contributed by atoms with Crippen LogP contribution in [0.1, 0.15) is 49.9 Å². The second-order valence-electron chi connectivity index (χ2n) is 10.5. The molecule has 0 unspecified atom stereocenters. The van der Waals surface area contributed by atoms with E-state index in [9.17, 15) is 19.2 Å². The van der Waals surface area contributed by atoms with Crippen molar-refractivity contribution in [2.24, 2.45) is 5.92 Å². The van der Waals surface area contributed by atoms with Gasteiger partial charge >= 0.3 is 0 Å². The summed E-state index contributed by atoms with van der Waals surface area (Å²) in [5, 5.41) is 6.13. The molecule has 1 aromatic carbocycles. The first-order valence-corrected chi connectivity index (χ1v) is 12.6. The summed E-state index contributed by atoms with van der Waals surface area (Å²) in [4.78, 5) is 57.9. The number of rotatable bonds is 7. The fourth-order valence-corrected chi connectivity index (χ4v) is 5.50. The van der Waals surface area contributed by atoms with Crippen LogP contribution in [-0.4, -0.2) is 91.2 Å².